The van der Waals surface area contributed by atoms with Gasteiger partial charge in [-0.3, -0.25) is 0 Å². The number of hydrogen-bond donors (Lipinski definition) is 1. The zero-order valence-electron chi connectivity index (χ0n) is 10.7. The Morgan fingerprint density at radius 1 is 1.40 bits per heavy atom. The molecular formula is C13H13NO3S3. The van der Waals surface area contributed by atoms with E-state index < -0.39 is 10.0 Å². The molecular weight excluding hydrogens is 314 g/mol. The van der Waals surface area contributed by atoms with Gasteiger partial charge in [-0.1, -0.05) is 17.9 Å². The van der Waals surface area contributed by atoms with Crippen molar-refractivity contribution >= 4 is 32.7 Å². The number of sulfonamides is 1. The van der Waals surface area contributed by atoms with Crippen LogP contribution in [0, 0.1) is 11.8 Å². The van der Waals surface area contributed by atoms with Crippen LogP contribution < -0.4 is 0 Å². The van der Waals surface area contributed by atoms with Crippen LogP contribution in [-0.2, 0) is 16.6 Å². The molecule has 4 nitrogen and oxygen atoms in total. The minimum absolute atomic E-state index is 0.183. The Morgan fingerprint density at radius 3 is 2.85 bits per heavy atom. The summed E-state index contributed by atoms with van der Waals surface area (Å²) in [6.45, 7) is 0.129. The predicted molar refractivity (Wildman–Crippen MR) is 81.3 cm³/mol. The molecule has 2 heterocycles. The second-order valence-corrected chi connectivity index (χ2v) is 8.17. The summed E-state index contributed by atoms with van der Waals surface area (Å²) in [6, 6.07) is 5.16. The third kappa shape index (κ3) is 3.48. The maximum atomic E-state index is 12.3. The van der Waals surface area contributed by atoms with E-state index in [-0.39, 0.29) is 6.61 Å². The average Bonchev–Trinajstić information content (AvgIpc) is 3.07. The Bertz CT molecular complexity index is 720. The van der Waals surface area contributed by atoms with Crippen LogP contribution in [0.25, 0.3) is 0 Å². The Morgan fingerprint density at radius 2 is 2.20 bits per heavy atom. The van der Waals surface area contributed by atoms with Crippen LogP contribution in [-0.4, -0.2) is 31.5 Å². The molecule has 0 fully saturated rings. The first-order valence-electron chi connectivity index (χ1n) is 5.71. The van der Waals surface area contributed by atoms with Crippen LogP contribution in [0.4, 0.5) is 0 Å². The zero-order chi connectivity index (χ0) is 14.6. The molecule has 2 aromatic heterocycles. The van der Waals surface area contributed by atoms with Gasteiger partial charge in [0.25, 0.3) is 10.0 Å². The molecule has 0 radical (unpaired) electrons. The third-order valence-corrected chi connectivity index (χ3v) is 6.60. The predicted octanol–water partition coefficient (Wildman–Crippen LogP) is 1.97. The van der Waals surface area contributed by atoms with Crippen molar-refractivity contribution in [3.63, 3.8) is 0 Å². The van der Waals surface area contributed by atoms with E-state index in [1.165, 1.54) is 27.0 Å². The van der Waals surface area contributed by atoms with Crippen molar-refractivity contribution in [2.75, 3.05) is 13.7 Å². The number of hydrogen-bond acceptors (Lipinski definition) is 5. The van der Waals surface area contributed by atoms with Gasteiger partial charge in [0.05, 0.1) is 0 Å². The normalized spacial score (nSPS) is 11.3. The molecule has 0 saturated heterocycles. The van der Waals surface area contributed by atoms with Gasteiger partial charge < -0.3 is 5.11 Å². The molecule has 0 spiro atoms. The van der Waals surface area contributed by atoms with Gasteiger partial charge in [0.15, 0.2) is 0 Å². The molecule has 2 rings (SSSR count). The number of rotatable bonds is 4. The van der Waals surface area contributed by atoms with Crippen LogP contribution in [0.2, 0.25) is 0 Å². The highest BCUT2D eigenvalue weighted by atomic mass is 32.2. The Kier molecular flexibility index (Phi) is 4.96. The van der Waals surface area contributed by atoms with Crippen molar-refractivity contribution in [2.24, 2.45) is 0 Å². The van der Waals surface area contributed by atoms with Crippen molar-refractivity contribution in [2.45, 2.75) is 10.8 Å². The summed E-state index contributed by atoms with van der Waals surface area (Å²) < 4.78 is 26.2. The number of aliphatic hydroxyl groups is 1. The second-order valence-electron chi connectivity index (χ2n) is 3.95. The van der Waals surface area contributed by atoms with Gasteiger partial charge in [-0.2, -0.15) is 4.31 Å². The standard InChI is InChI=1S/C13H13NO3S3/c1-14(20(16,17)13-5-3-7-18-13)9-12-8-11(10-19-12)4-2-6-15/h3,5,7-8,10,15H,6,9H2,1H3. The molecule has 7 heteroatoms. The van der Waals surface area contributed by atoms with Gasteiger partial charge >= 0.3 is 0 Å². The molecule has 0 atom stereocenters. The molecule has 0 amide bonds. The number of nitrogens with zero attached hydrogens (tertiary/aromatic N) is 1. The van der Waals surface area contributed by atoms with Crippen LogP contribution in [0.3, 0.4) is 0 Å². The van der Waals surface area contributed by atoms with E-state index >= 15 is 0 Å². The van der Waals surface area contributed by atoms with Gasteiger partial charge in [0.1, 0.15) is 10.8 Å². The molecule has 0 aliphatic carbocycles. The summed E-state index contributed by atoms with van der Waals surface area (Å²) in [6.07, 6.45) is 0. The van der Waals surface area contributed by atoms with Crippen LogP contribution in [0.5, 0.6) is 0 Å². The monoisotopic (exact) mass is 327 g/mol. The molecule has 0 aliphatic heterocycles. The van der Waals surface area contributed by atoms with Crippen LogP contribution in [0.1, 0.15) is 10.4 Å². The summed E-state index contributed by atoms with van der Waals surface area (Å²) in [4.78, 5) is 0.912. The lowest BCUT2D eigenvalue weighted by molar-refractivity contribution is 0.350. The Hall–Kier alpha value is -1.17. The summed E-state index contributed by atoms with van der Waals surface area (Å²) in [5, 5.41) is 12.2. The van der Waals surface area contributed by atoms with E-state index in [0.29, 0.717) is 10.8 Å². The zero-order valence-corrected chi connectivity index (χ0v) is 13.2. The largest absolute Gasteiger partial charge is 0.384 e. The summed E-state index contributed by atoms with van der Waals surface area (Å²) >= 11 is 2.66. The summed E-state index contributed by atoms with van der Waals surface area (Å²) in [5.41, 5.74) is 0.793. The van der Waals surface area contributed by atoms with Gasteiger partial charge in [-0.05, 0) is 17.5 Å². The fourth-order valence-corrected chi connectivity index (χ4v) is 4.84. The lowest BCUT2D eigenvalue weighted by Crippen LogP contribution is -2.25. The number of aliphatic hydroxyl groups excluding tert-OH is 1. The molecule has 0 bridgehead atoms. The van der Waals surface area contributed by atoms with E-state index in [9.17, 15) is 8.42 Å². The Balaban J connectivity index is 2.12. The van der Waals surface area contributed by atoms with E-state index in [4.69, 9.17) is 5.11 Å². The SMILES string of the molecule is CN(Cc1cc(C#CCO)cs1)S(=O)(=O)c1cccs1. The van der Waals surface area contributed by atoms with E-state index in [1.807, 2.05) is 11.4 Å². The van der Waals surface area contributed by atoms with E-state index in [0.717, 1.165) is 10.4 Å². The highest BCUT2D eigenvalue weighted by molar-refractivity contribution is 7.91. The van der Waals surface area contributed by atoms with Gasteiger partial charge in [-0.25, -0.2) is 8.42 Å². The smallest absolute Gasteiger partial charge is 0.252 e. The fourth-order valence-electron chi connectivity index (χ4n) is 1.54. The highest BCUT2D eigenvalue weighted by Gasteiger charge is 2.22. The van der Waals surface area contributed by atoms with E-state index in [1.54, 1.807) is 24.6 Å². The first kappa shape index (κ1) is 15.2. The molecule has 1 N–H and O–H groups in total. The average molecular weight is 327 g/mol. The van der Waals surface area contributed by atoms with E-state index in [2.05, 4.69) is 11.8 Å². The summed E-state index contributed by atoms with van der Waals surface area (Å²) in [7, 11) is -1.86. The van der Waals surface area contributed by atoms with Crippen molar-refractivity contribution < 1.29 is 13.5 Å². The third-order valence-electron chi connectivity index (χ3n) is 2.50. The molecule has 0 aliphatic rings. The highest BCUT2D eigenvalue weighted by Crippen LogP contribution is 2.23. The van der Waals surface area contributed by atoms with Crippen molar-refractivity contribution in [1.82, 2.24) is 4.31 Å². The maximum absolute atomic E-state index is 12.3. The van der Waals surface area contributed by atoms with Crippen LogP contribution >= 0.6 is 22.7 Å². The number of thiophene rings is 2. The van der Waals surface area contributed by atoms with Gasteiger partial charge in [0, 0.05) is 29.4 Å². The molecule has 2 aromatic rings. The van der Waals surface area contributed by atoms with Crippen molar-refractivity contribution in [3.05, 3.63) is 39.4 Å². The second kappa shape index (κ2) is 6.52. The minimum Gasteiger partial charge on any atom is -0.384 e. The molecule has 0 saturated carbocycles. The first-order valence-corrected chi connectivity index (χ1v) is 8.91. The minimum atomic E-state index is -3.42. The molecule has 0 unspecified atom stereocenters. The lowest BCUT2D eigenvalue weighted by atomic mass is 10.3. The van der Waals surface area contributed by atoms with Crippen molar-refractivity contribution in [1.29, 1.82) is 0 Å². The lowest BCUT2D eigenvalue weighted by Gasteiger charge is -2.14. The molecule has 20 heavy (non-hydrogen) atoms. The summed E-state index contributed by atoms with van der Waals surface area (Å²) in [5.74, 6) is 5.36. The van der Waals surface area contributed by atoms with Crippen molar-refractivity contribution in [3.8, 4) is 11.8 Å². The quantitative estimate of drug-likeness (QED) is 0.874. The molecule has 0 aromatic carbocycles. The topological polar surface area (TPSA) is 57.6 Å². The maximum Gasteiger partial charge on any atom is 0.252 e. The van der Waals surface area contributed by atoms with Crippen LogP contribution in [0.15, 0.2) is 33.2 Å². The fraction of sp³-hybridized carbons (Fsp3) is 0.231. The van der Waals surface area contributed by atoms with Gasteiger partial charge in [-0.15, -0.1) is 22.7 Å². The first-order chi connectivity index (χ1) is 9.54. The van der Waals surface area contributed by atoms with Gasteiger partial charge in [0.2, 0.25) is 0 Å². The molecule has 106 valence electrons. The Labute approximate surface area is 126 Å².